The summed E-state index contributed by atoms with van der Waals surface area (Å²) in [4.78, 5) is 19.9. The molecule has 0 saturated carbocycles. The van der Waals surface area contributed by atoms with Gasteiger partial charge in [0.1, 0.15) is 11.8 Å². The third-order valence-electron chi connectivity index (χ3n) is 2.84. The number of benzene rings is 1. The van der Waals surface area contributed by atoms with Crippen molar-refractivity contribution in [2.75, 3.05) is 5.32 Å². The molecule has 2 aromatic heterocycles. The number of carbonyl (C=O) groups excluding carboxylic acids is 1. The number of nitrogens with zero attached hydrogens (tertiary/aromatic N) is 2. The first-order chi connectivity index (χ1) is 10.3. The van der Waals surface area contributed by atoms with Crippen molar-refractivity contribution < 1.29 is 4.79 Å². The number of aromatic nitrogens is 2. The molecule has 0 saturated heterocycles. The number of H-pyrrole nitrogens is 1. The molecule has 1 amide bonds. The second kappa shape index (κ2) is 5.61. The minimum atomic E-state index is -0.314. The van der Waals surface area contributed by atoms with Crippen molar-refractivity contribution in [3.8, 4) is 16.5 Å². The van der Waals surface area contributed by atoms with E-state index in [2.05, 4.69) is 15.3 Å². The lowest BCUT2D eigenvalue weighted by molar-refractivity contribution is 0.102. The van der Waals surface area contributed by atoms with Crippen molar-refractivity contribution in [3.63, 3.8) is 0 Å². The average Bonchev–Trinajstić information content (AvgIpc) is 3.17. The van der Waals surface area contributed by atoms with Gasteiger partial charge in [0.15, 0.2) is 5.13 Å². The summed E-state index contributed by atoms with van der Waals surface area (Å²) in [5.74, 6) is -0.314. The van der Waals surface area contributed by atoms with Crippen LogP contribution in [0, 0.1) is 11.3 Å². The Bertz CT molecular complexity index is 814. The highest BCUT2D eigenvalue weighted by Crippen LogP contribution is 2.28. The van der Waals surface area contributed by atoms with Gasteiger partial charge in [-0.05, 0) is 11.6 Å². The van der Waals surface area contributed by atoms with Gasteiger partial charge in [-0.25, -0.2) is 4.98 Å². The molecule has 0 bridgehead atoms. The second-order valence-corrected chi connectivity index (χ2v) is 5.29. The average molecular weight is 294 g/mol. The SMILES string of the molecule is N#Cc1c[nH]c(C(=O)Nc2ncc(-c3ccccc3)s2)c1. The number of anilines is 1. The highest BCUT2D eigenvalue weighted by Gasteiger charge is 2.11. The van der Waals surface area contributed by atoms with Crippen molar-refractivity contribution in [2.24, 2.45) is 0 Å². The molecule has 2 heterocycles. The molecule has 6 heteroatoms. The molecule has 0 fully saturated rings. The molecule has 0 aliphatic heterocycles. The standard InChI is InChI=1S/C15H10N4OS/c16-7-10-6-12(17-8-10)14(20)19-15-18-9-13(21-15)11-4-2-1-3-5-11/h1-6,8-9,17H,(H,18,19,20). The first kappa shape index (κ1) is 13.1. The highest BCUT2D eigenvalue weighted by atomic mass is 32.1. The highest BCUT2D eigenvalue weighted by molar-refractivity contribution is 7.19. The zero-order valence-corrected chi connectivity index (χ0v) is 11.6. The van der Waals surface area contributed by atoms with E-state index in [1.165, 1.54) is 23.6 Å². The molecule has 0 atom stereocenters. The van der Waals surface area contributed by atoms with Crippen LogP contribution in [0.15, 0.2) is 48.8 Å². The summed E-state index contributed by atoms with van der Waals surface area (Å²) in [6, 6.07) is 13.3. The molecule has 1 aromatic carbocycles. The number of thiazole rings is 1. The van der Waals surface area contributed by atoms with Crippen LogP contribution in [0.3, 0.4) is 0 Å². The van der Waals surface area contributed by atoms with E-state index in [0.29, 0.717) is 16.4 Å². The van der Waals surface area contributed by atoms with E-state index >= 15 is 0 Å². The fourth-order valence-electron chi connectivity index (χ4n) is 1.82. The maximum atomic E-state index is 12.0. The molecule has 3 rings (SSSR count). The second-order valence-electron chi connectivity index (χ2n) is 4.26. The Kier molecular flexibility index (Phi) is 3.50. The summed E-state index contributed by atoms with van der Waals surface area (Å²) in [6.45, 7) is 0. The van der Waals surface area contributed by atoms with Gasteiger partial charge in [0, 0.05) is 12.4 Å². The molecule has 102 valence electrons. The predicted molar refractivity (Wildman–Crippen MR) is 81.0 cm³/mol. The Balaban J connectivity index is 1.76. The van der Waals surface area contributed by atoms with E-state index in [9.17, 15) is 4.79 Å². The van der Waals surface area contributed by atoms with Crippen molar-refractivity contribution >= 4 is 22.4 Å². The van der Waals surface area contributed by atoms with Gasteiger partial charge in [0.2, 0.25) is 0 Å². The summed E-state index contributed by atoms with van der Waals surface area (Å²) in [5, 5.41) is 12.0. The number of rotatable bonds is 3. The lowest BCUT2D eigenvalue weighted by Gasteiger charge is -1.98. The van der Waals surface area contributed by atoms with Crippen LogP contribution < -0.4 is 5.32 Å². The zero-order valence-electron chi connectivity index (χ0n) is 10.8. The van der Waals surface area contributed by atoms with E-state index in [-0.39, 0.29) is 5.91 Å². The number of hydrogen-bond donors (Lipinski definition) is 2. The van der Waals surface area contributed by atoms with Crippen molar-refractivity contribution in [1.29, 1.82) is 5.26 Å². The molecule has 3 aromatic rings. The Morgan fingerprint density at radius 3 is 2.86 bits per heavy atom. The molecule has 5 nitrogen and oxygen atoms in total. The molecular formula is C15H10N4OS. The van der Waals surface area contributed by atoms with Crippen LogP contribution in [-0.2, 0) is 0 Å². The monoisotopic (exact) mass is 294 g/mol. The van der Waals surface area contributed by atoms with Gasteiger partial charge in [0.05, 0.1) is 10.4 Å². The van der Waals surface area contributed by atoms with Crippen LogP contribution in [0.25, 0.3) is 10.4 Å². The van der Waals surface area contributed by atoms with Crippen LogP contribution in [0.2, 0.25) is 0 Å². The summed E-state index contributed by atoms with van der Waals surface area (Å²) >= 11 is 1.40. The number of carbonyl (C=O) groups is 1. The van der Waals surface area contributed by atoms with E-state index in [1.807, 2.05) is 36.4 Å². The molecule has 0 spiro atoms. The third kappa shape index (κ3) is 2.83. The van der Waals surface area contributed by atoms with E-state index in [1.54, 1.807) is 6.20 Å². The Morgan fingerprint density at radius 1 is 1.33 bits per heavy atom. The molecule has 0 radical (unpaired) electrons. The fourth-order valence-corrected chi connectivity index (χ4v) is 2.64. The number of amides is 1. The van der Waals surface area contributed by atoms with Crippen molar-refractivity contribution in [1.82, 2.24) is 9.97 Å². The Hall–Kier alpha value is -2.91. The first-order valence-corrected chi connectivity index (χ1v) is 6.99. The van der Waals surface area contributed by atoms with E-state index < -0.39 is 0 Å². The van der Waals surface area contributed by atoms with Crippen LogP contribution in [0.4, 0.5) is 5.13 Å². The first-order valence-electron chi connectivity index (χ1n) is 6.17. The number of hydrogen-bond acceptors (Lipinski definition) is 4. The summed E-state index contributed by atoms with van der Waals surface area (Å²) in [5.41, 5.74) is 1.81. The van der Waals surface area contributed by atoms with Gasteiger partial charge in [-0.3, -0.25) is 10.1 Å². The molecular weight excluding hydrogens is 284 g/mol. The fraction of sp³-hybridized carbons (Fsp3) is 0. The van der Waals surface area contributed by atoms with Crippen LogP contribution >= 0.6 is 11.3 Å². The molecule has 0 aliphatic carbocycles. The number of nitriles is 1. The summed E-state index contributed by atoms with van der Waals surface area (Å²) in [7, 11) is 0. The number of nitrogens with one attached hydrogen (secondary N) is 2. The largest absolute Gasteiger partial charge is 0.356 e. The molecule has 0 unspecified atom stereocenters. The predicted octanol–water partition coefficient (Wildman–Crippen LogP) is 3.26. The van der Waals surface area contributed by atoms with Crippen LogP contribution in [0.1, 0.15) is 16.1 Å². The Labute approximate surface area is 124 Å². The van der Waals surface area contributed by atoms with Gasteiger partial charge < -0.3 is 4.98 Å². The maximum absolute atomic E-state index is 12.0. The Morgan fingerprint density at radius 2 is 2.14 bits per heavy atom. The van der Waals surface area contributed by atoms with Gasteiger partial charge in [-0.2, -0.15) is 5.26 Å². The molecule has 2 N–H and O–H groups in total. The third-order valence-corrected chi connectivity index (χ3v) is 3.80. The zero-order chi connectivity index (χ0) is 14.7. The van der Waals surface area contributed by atoms with Gasteiger partial charge in [-0.15, -0.1) is 0 Å². The quantitative estimate of drug-likeness (QED) is 0.778. The van der Waals surface area contributed by atoms with E-state index in [0.717, 1.165) is 10.4 Å². The maximum Gasteiger partial charge on any atom is 0.273 e. The van der Waals surface area contributed by atoms with Crippen molar-refractivity contribution in [2.45, 2.75) is 0 Å². The number of aromatic amines is 1. The minimum Gasteiger partial charge on any atom is -0.356 e. The smallest absolute Gasteiger partial charge is 0.273 e. The van der Waals surface area contributed by atoms with E-state index in [4.69, 9.17) is 5.26 Å². The topological polar surface area (TPSA) is 81.6 Å². The lowest BCUT2D eigenvalue weighted by atomic mass is 10.2. The lowest BCUT2D eigenvalue weighted by Crippen LogP contribution is -2.11. The van der Waals surface area contributed by atoms with Gasteiger partial charge in [-0.1, -0.05) is 41.7 Å². The van der Waals surface area contributed by atoms with Crippen LogP contribution in [-0.4, -0.2) is 15.9 Å². The normalized spacial score (nSPS) is 10.0. The minimum absolute atomic E-state index is 0.314. The molecule has 0 aliphatic rings. The summed E-state index contributed by atoms with van der Waals surface area (Å²) in [6.07, 6.45) is 3.22. The van der Waals surface area contributed by atoms with Gasteiger partial charge in [0.25, 0.3) is 5.91 Å². The summed E-state index contributed by atoms with van der Waals surface area (Å²) < 4.78 is 0. The van der Waals surface area contributed by atoms with Crippen LogP contribution in [0.5, 0.6) is 0 Å². The van der Waals surface area contributed by atoms with Gasteiger partial charge >= 0.3 is 0 Å². The molecule has 21 heavy (non-hydrogen) atoms. The van der Waals surface area contributed by atoms with Crippen molar-refractivity contribution in [3.05, 3.63) is 60.0 Å².